The average Bonchev–Trinajstić information content (AvgIpc) is 1.89. The molecule has 0 N–H and O–H groups in total. The van der Waals surface area contributed by atoms with Gasteiger partial charge in [-0.2, -0.15) is 0 Å². The van der Waals surface area contributed by atoms with E-state index >= 15 is 0 Å². The largest absolute Gasteiger partial charge is 0.106 e. The summed E-state index contributed by atoms with van der Waals surface area (Å²) in [5, 5.41) is 0. The van der Waals surface area contributed by atoms with E-state index in [-0.39, 0.29) is 0 Å². The molecule has 0 bridgehead atoms. The predicted octanol–water partition coefficient (Wildman–Crippen LogP) is 1.98. The van der Waals surface area contributed by atoms with Crippen LogP contribution in [0.25, 0.3) is 0 Å². The van der Waals surface area contributed by atoms with E-state index in [1.807, 2.05) is 12.2 Å². The van der Waals surface area contributed by atoms with Gasteiger partial charge in [0.05, 0.1) is 0 Å². The Morgan fingerprint density at radius 2 is 1.44 bits per heavy atom. The van der Waals surface area contributed by atoms with Crippen molar-refractivity contribution in [1.82, 2.24) is 0 Å². The van der Waals surface area contributed by atoms with Crippen LogP contribution in [0.15, 0.2) is 25.3 Å². The van der Waals surface area contributed by atoms with Gasteiger partial charge in [0.2, 0.25) is 0 Å². The van der Waals surface area contributed by atoms with Gasteiger partial charge in [-0.05, 0) is 0 Å². The SMILES string of the molecule is C=CC[B]C[B]CC=C. The highest BCUT2D eigenvalue weighted by molar-refractivity contribution is 6.56. The van der Waals surface area contributed by atoms with Gasteiger partial charge in [0.15, 0.2) is 0 Å². The maximum absolute atomic E-state index is 3.61. The molecule has 0 heterocycles. The molecule has 2 heteroatoms. The normalized spacial score (nSPS) is 8.00. The Balaban J connectivity index is 2.74. The lowest BCUT2D eigenvalue weighted by molar-refractivity contribution is 1.63. The van der Waals surface area contributed by atoms with Crippen LogP contribution in [0, 0.1) is 0 Å². The molecule has 0 aliphatic carbocycles. The van der Waals surface area contributed by atoms with Crippen LogP contribution in [0.4, 0.5) is 0 Å². The van der Waals surface area contributed by atoms with Crippen molar-refractivity contribution in [2.45, 2.75) is 18.9 Å². The molecule has 9 heavy (non-hydrogen) atoms. The fourth-order valence-corrected chi connectivity index (χ4v) is 0.546. The molecule has 0 fully saturated rings. The molecule has 0 aromatic heterocycles. The molecule has 0 aliphatic rings. The standard InChI is InChI=1S/C7H12B2/c1-3-5-8-7-9-6-4-2/h3-4H,1-2,5-7H2. The Kier molecular flexibility index (Phi) is 7.28. The lowest BCUT2D eigenvalue weighted by atomic mass is 9.52. The van der Waals surface area contributed by atoms with Gasteiger partial charge in [0, 0.05) is 0 Å². The minimum absolute atomic E-state index is 1.01. The molecule has 0 spiro atoms. The summed E-state index contributed by atoms with van der Waals surface area (Å²) in [7, 11) is 4.38. The summed E-state index contributed by atoms with van der Waals surface area (Å²) in [6.45, 7) is 7.23. The van der Waals surface area contributed by atoms with E-state index < -0.39 is 0 Å². The van der Waals surface area contributed by atoms with E-state index in [0.29, 0.717) is 0 Å². The van der Waals surface area contributed by atoms with Gasteiger partial charge in [0.1, 0.15) is 14.6 Å². The van der Waals surface area contributed by atoms with Crippen LogP contribution in [0.3, 0.4) is 0 Å². The van der Waals surface area contributed by atoms with Gasteiger partial charge in [-0.1, -0.05) is 24.8 Å². The molecule has 0 amide bonds. The Bertz CT molecular complexity index is 69.0. The number of hydrogen-bond donors (Lipinski definition) is 0. The van der Waals surface area contributed by atoms with E-state index in [0.717, 1.165) is 18.9 Å². The highest BCUT2D eigenvalue weighted by atomic mass is 13.5. The second kappa shape index (κ2) is 7.61. The summed E-state index contributed by atoms with van der Waals surface area (Å²) in [6.07, 6.45) is 6.89. The summed E-state index contributed by atoms with van der Waals surface area (Å²) >= 11 is 0. The van der Waals surface area contributed by atoms with Crippen LogP contribution in [0.2, 0.25) is 18.9 Å². The zero-order valence-corrected chi connectivity index (χ0v) is 5.84. The molecule has 0 rings (SSSR count). The monoisotopic (exact) mass is 118 g/mol. The quantitative estimate of drug-likeness (QED) is 0.284. The van der Waals surface area contributed by atoms with Crippen molar-refractivity contribution in [1.29, 1.82) is 0 Å². The first-order valence-electron chi connectivity index (χ1n) is 3.27. The van der Waals surface area contributed by atoms with Crippen molar-refractivity contribution in [3.05, 3.63) is 25.3 Å². The van der Waals surface area contributed by atoms with Crippen molar-refractivity contribution >= 4 is 14.6 Å². The second-order valence-corrected chi connectivity index (χ2v) is 1.86. The third-order valence-corrected chi connectivity index (χ3v) is 1.000. The van der Waals surface area contributed by atoms with Gasteiger partial charge < -0.3 is 0 Å². The van der Waals surface area contributed by atoms with Crippen LogP contribution in [-0.4, -0.2) is 14.6 Å². The van der Waals surface area contributed by atoms with E-state index in [2.05, 4.69) is 27.7 Å². The summed E-state index contributed by atoms with van der Waals surface area (Å²) in [6, 6.07) is 0. The number of allylic oxidation sites excluding steroid dienone is 2. The molecule has 0 atom stereocenters. The first kappa shape index (κ1) is 8.61. The van der Waals surface area contributed by atoms with Crippen LogP contribution in [-0.2, 0) is 0 Å². The minimum Gasteiger partial charge on any atom is -0.106 e. The highest BCUT2D eigenvalue weighted by Gasteiger charge is 1.87. The Labute approximate surface area is 59.5 Å². The van der Waals surface area contributed by atoms with Crippen molar-refractivity contribution in [2.75, 3.05) is 0 Å². The lowest BCUT2D eigenvalue weighted by Gasteiger charge is -1.88. The van der Waals surface area contributed by atoms with Gasteiger partial charge in [-0.15, -0.1) is 19.4 Å². The Morgan fingerprint density at radius 1 is 1.00 bits per heavy atom. The highest BCUT2D eigenvalue weighted by Crippen LogP contribution is 1.88. The number of rotatable bonds is 6. The zero-order chi connectivity index (χ0) is 6.95. The maximum Gasteiger partial charge on any atom is 0.105 e. The molecule has 46 valence electrons. The summed E-state index contributed by atoms with van der Waals surface area (Å²) in [4.78, 5) is 0. The fourth-order valence-electron chi connectivity index (χ4n) is 0.546. The lowest BCUT2D eigenvalue weighted by Crippen LogP contribution is -1.93. The summed E-state index contributed by atoms with van der Waals surface area (Å²) in [5.41, 5.74) is 0. The molecule has 0 aliphatic heterocycles. The molecule has 0 nitrogen and oxygen atoms in total. The second-order valence-electron chi connectivity index (χ2n) is 1.86. The summed E-state index contributed by atoms with van der Waals surface area (Å²) < 4.78 is 0. The molecule has 0 saturated carbocycles. The van der Waals surface area contributed by atoms with Gasteiger partial charge >= 0.3 is 0 Å². The topological polar surface area (TPSA) is 0 Å². The average molecular weight is 118 g/mol. The molecule has 0 aromatic carbocycles. The molecule has 2 radical (unpaired) electrons. The third-order valence-electron chi connectivity index (χ3n) is 1.000. The van der Waals surface area contributed by atoms with Crippen molar-refractivity contribution in [3.63, 3.8) is 0 Å². The molecular formula is C7H12B2. The van der Waals surface area contributed by atoms with Crippen LogP contribution in [0.1, 0.15) is 0 Å². The Hall–Kier alpha value is -0.390. The van der Waals surface area contributed by atoms with Crippen LogP contribution >= 0.6 is 0 Å². The van der Waals surface area contributed by atoms with E-state index in [1.54, 1.807) is 0 Å². The van der Waals surface area contributed by atoms with Gasteiger partial charge in [0.25, 0.3) is 0 Å². The molecular weight excluding hydrogens is 106 g/mol. The van der Waals surface area contributed by atoms with Gasteiger partial charge in [-0.3, -0.25) is 0 Å². The van der Waals surface area contributed by atoms with E-state index in [9.17, 15) is 0 Å². The molecule has 0 aromatic rings. The number of hydrogen-bond acceptors (Lipinski definition) is 0. The first-order chi connectivity index (χ1) is 4.41. The minimum atomic E-state index is 1.01. The van der Waals surface area contributed by atoms with Crippen molar-refractivity contribution < 1.29 is 0 Å². The van der Waals surface area contributed by atoms with Crippen molar-refractivity contribution in [3.8, 4) is 0 Å². The van der Waals surface area contributed by atoms with Crippen LogP contribution < -0.4 is 0 Å². The molecule has 0 unspecified atom stereocenters. The maximum atomic E-state index is 3.61. The predicted molar refractivity (Wildman–Crippen MR) is 46.3 cm³/mol. The third kappa shape index (κ3) is 7.61. The summed E-state index contributed by atoms with van der Waals surface area (Å²) in [5.74, 6) is 0. The van der Waals surface area contributed by atoms with Gasteiger partial charge in [-0.25, -0.2) is 0 Å². The fraction of sp³-hybridized carbons (Fsp3) is 0.429. The molecule has 0 saturated heterocycles. The zero-order valence-electron chi connectivity index (χ0n) is 5.84. The Morgan fingerprint density at radius 3 is 1.78 bits per heavy atom. The van der Waals surface area contributed by atoms with Crippen molar-refractivity contribution in [2.24, 2.45) is 0 Å². The smallest absolute Gasteiger partial charge is 0.105 e. The first-order valence-corrected chi connectivity index (χ1v) is 3.27. The van der Waals surface area contributed by atoms with E-state index in [1.165, 1.54) is 0 Å². The van der Waals surface area contributed by atoms with E-state index in [4.69, 9.17) is 0 Å². The van der Waals surface area contributed by atoms with Crippen LogP contribution in [0.5, 0.6) is 0 Å².